The second-order valence-corrected chi connectivity index (χ2v) is 4.19. The molecule has 0 saturated heterocycles. The van der Waals surface area contributed by atoms with Crippen LogP contribution in [0.1, 0.15) is 51.9 Å². The largest absolute Gasteiger partial charge is 0.392 e. The van der Waals surface area contributed by atoms with Crippen molar-refractivity contribution < 1.29 is 5.11 Å². The van der Waals surface area contributed by atoms with Crippen LogP contribution in [0.3, 0.4) is 0 Å². The molecule has 1 rings (SSSR count). The minimum atomic E-state index is -0.124. The van der Waals surface area contributed by atoms with Crippen molar-refractivity contribution >= 4 is 0 Å². The highest BCUT2D eigenvalue weighted by molar-refractivity contribution is 4.74. The fourth-order valence-corrected chi connectivity index (χ4v) is 1.97. The predicted octanol–water partition coefficient (Wildman–Crippen LogP) is 2.07. The molecule has 2 heteroatoms. The van der Waals surface area contributed by atoms with E-state index in [1.54, 1.807) is 0 Å². The number of hydrogen-bond donors (Lipinski definition) is 2. The molecular formula is C11H23NO. The average molecular weight is 185 g/mol. The predicted molar refractivity (Wildman–Crippen MR) is 55.8 cm³/mol. The van der Waals surface area contributed by atoms with E-state index in [1.807, 2.05) is 0 Å². The van der Waals surface area contributed by atoms with Crippen molar-refractivity contribution in [3.8, 4) is 0 Å². The lowest BCUT2D eigenvalue weighted by atomic mass is 10.1. The van der Waals surface area contributed by atoms with E-state index in [2.05, 4.69) is 12.2 Å². The molecule has 78 valence electrons. The lowest BCUT2D eigenvalue weighted by Crippen LogP contribution is -2.33. The average Bonchev–Trinajstić information content (AvgIpc) is 2.64. The van der Waals surface area contributed by atoms with Crippen LogP contribution in [-0.2, 0) is 0 Å². The van der Waals surface area contributed by atoms with E-state index in [0.29, 0.717) is 6.04 Å². The highest BCUT2D eigenvalue weighted by Crippen LogP contribution is 2.17. The van der Waals surface area contributed by atoms with Crippen LogP contribution in [0.25, 0.3) is 0 Å². The molecule has 2 nitrogen and oxygen atoms in total. The van der Waals surface area contributed by atoms with Gasteiger partial charge >= 0.3 is 0 Å². The Morgan fingerprint density at radius 2 is 2.08 bits per heavy atom. The summed E-state index contributed by atoms with van der Waals surface area (Å²) in [4.78, 5) is 0. The number of unbranched alkanes of at least 4 members (excludes halogenated alkanes) is 1. The van der Waals surface area contributed by atoms with Gasteiger partial charge in [0, 0.05) is 12.6 Å². The van der Waals surface area contributed by atoms with Crippen molar-refractivity contribution in [3.05, 3.63) is 0 Å². The van der Waals surface area contributed by atoms with E-state index in [9.17, 15) is 5.11 Å². The Bertz CT molecular complexity index is 121. The lowest BCUT2D eigenvalue weighted by molar-refractivity contribution is 0.154. The first-order valence-corrected chi connectivity index (χ1v) is 5.74. The quantitative estimate of drug-likeness (QED) is 0.664. The summed E-state index contributed by atoms with van der Waals surface area (Å²) in [6, 6.07) is 0.691. The van der Waals surface area contributed by atoms with Gasteiger partial charge in [-0.15, -0.1) is 0 Å². The number of aliphatic hydroxyl groups is 1. The molecule has 0 bridgehead atoms. The molecule has 0 amide bonds. The second kappa shape index (κ2) is 6.39. The van der Waals surface area contributed by atoms with Gasteiger partial charge in [0.1, 0.15) is 0 Å². The summed E-state index contributed by atoms with van der Waals surface area (Å²) in [5, 5.41) is 13.0. The lowest BCUT2D eigenvalue weighted by Gasteiger charge is -2.15. The van der Waals surface area contributed by atoms with Gasteiger partial charge in [-0.05, 0) is 19.3 Å². The normalized spacial score (nSPS) is 20.8. The summed E-state index contributed by atoms with van der Waals surface area (Å²) >= 11 is 0. The molecule has 1 aliphatic rings. The molecule has 1 aliphatic carbocycles. The number of hydrogen-bond acceptors (Lipinski definition) is 2. The van der Waals surface area contributed by atoms with Crippen LogP contribution in [0.15, 0.2) is 0 Å². The zero-order valence-corrected chi connectivity index (χ0v) is 8.76. The van der Waals surface area contributed by atoms with Crippen LogP contribution in [0.4, 0.5) is 0 Å². The number of rotatable bonds is 6. The van der Waals surface area contributed by atoms with Gasteiger partial charge in [0.05, 0.1) is 6.10 Å². The molecule has 1 unspecified atom stereocenters. The molecule has 0 aromatic heterocycles. The Morgan fingerprint density at radius 1 is 1.38 bits per heavy atom. The smallest absolute Gasteiger partial charge is 0.0664 e. The van der Waals surface area contributed by atoms with Gasteiger partial charge < -0.3 is 10.4 Å². The molecule has 0 heterocycles. The first-order chi connectivity index (χ1) is 6.33. The van der Waals surface area contributed by atoms with Crippen LogP contribution < -0.4 is 5.32 Å². The van der Waals surface area contributed by atoms with E-state index in [-0.39, 0.29) is 6.10 Å². The van der Waals surface area contributed by atoms with E-state index < -0.39 is 0 Å². The standard InChI is InChI=1S/C11H23NO/c1-2-3-8-11(13)9-12-10-6-4-5-7-10/h10-13H,2-9H2,1H3. The van der Waals surface area contributed by atoms with Crippen molar-refractivity contribution in [3.63, 3.8) is 0 Å². The summed E-state index contributed by atoms with van der Waals surface area (Å²) in [5.41, 5.74) is 0. The highest BCUT2D eigenvalue weighted by atomic mass is 16.3. The van der Waals surface area contributed by atoms with Gasteiger partial charge in [-0.3, -0.25) is 0 Å². The fraction of sp³-hybridized carbons (Fsp3) is 1.00. The Morgan fingerprint density at radius 3 is 2.69 bits per heavy atom. The van der Waals surface area contributed by atoms with Crippen LogP contribution in [0.2, 0.25) is 0 Å². The molecule has 0 spiro atoms. The topological polar surface area (TPSA) is 32.3 Å². The van der Waals surface area contributed by atoms with Crippen molar-refractivity contribution in [2.75, 3.05) is 6.54 Å². The monoisotopic (exact) mass is 185 g/mol. The number of aliphatic hydroxyl groups excluding tert-OH is 1. The van der Waals surface area contributed by atoms with Gasteiger partial charge in [0.2, 0.25) is 0 Å². The minimum Gasteiger partial charge on any atom is -0.392 e. The van der Waals surface area contributed by atoms with E-state index in [0.717, 1.165) is 19.4 Å². The molecule has 0 aliphatic heterocycles. The first kappa shape index (κ1) is 11.0. The maximum atomic E-state index is 9.58. The van der Waals surface area contributed by atoms with Gasteiger partial charge in [-0.25, -0.2) is 0 Å². The first-order valence-electron chi connectivity index (χ1n) is 5.74. The summed E-state index contributed by atoms with van der Waals surface area (Å²) in [5.74, 6) is 0. The second-order valence-electron chi connectivity index (χ2n) is 4.19. The Hall–Kier alpha value is -0.0800. The van der Waals surface area contributed by atoms with Gasteiger partial charge in [0.25, 0.3) is 0 Å². The van der Waals surface area contributed by atoms with Crippen LogP contribution in [0, 0.1) is 0 Å². The Labute approximate surface area is 81.7 Å². The van der Waals surface area contributed by atoms with Crippen molar-refractivity contribution in [2.45, 2.75) is 64.0 Å². The van der Waals surface area contributed by atoms with Crippen LogP contribution in [-0.4, -0.2) is 23.8 Å². The molecule has 0 aromatic carbocycles. The maximum absolute atomic E-state index is 9.58. The Kier molecular flexibility index (Phi) is 5.40. The molecule has 1 atom stereocenters. The van der Waals surface area contributed by atoms with E-state index in [4.69, 9.17) is 0 Å². The highest BCUT2D eigenvalue weighted by Gasteiger charge is 2.15. The maximum Gasteiger partial charge on any atom is 0.0664 e. The third-order valence-corrected chi connectivity index (χ3v) is 2.89. The van der Waals surface area contributed by atoms with Gasteiger partial charge in [-0.2, -0.15) is 0 Å². The third kappa shape index (κ3) is 4.63. The molecule has 13 heavy (non-hydrogen) atoms. The Balaban J connectivity index is 1.97. The zero-order valence-electron chi connectivity index (χ0n) is 8.76. The van der Waals surface area contributed by atoms with Gasteiger partial charge in [-0.1, -0.05) is 32.6 Å². The molecule has 1 saturated carbocycles. The van der Waals surface area contributed by atoms with Crippen molar-refractivity contribution in [2.24, 2.45) is 0 Å². The molecule has 0 radical (unpaired) electrons. The van der Waals surface area contributed by atoms with Crippen molar-refractivity contribution in [1.29, 1.82) is 0 Å². The fourth-order valence-electron chi connectivity index (χ4n) is 1.97. The van der Waals surface area contributed by atoms with Crippen LogP contribution >= 0.6 is 0 Å². The van der Waals surface area contributed by atoms with E-state index in [1.165, 1.54) is 32.1 Å². The molecule has 0 aromatic rings. The number of nitrogens with one attached hydrogen (secondary N) is 1. The molecule has 1 fully saturated rings. The summed E-state index contributed by atoms with van der Waals surface area (Å²) in [6.07, 6.45) is 8.50. The molecule has 2 N–H and O–H groups in total. The SMILES string of the molecule is CCCCC(O)CNC1CCCC1. The third-order valence-electron chi connectivity index (χ3n) is 2.89. The summed E-state index contributed by atoms with van der Waals surface area (Å²) in [7, 11) is 0. The van der Waals surface area contributed by atoms with Crippen molar-refractivity contribution in [1.82, 2.24) is 5.32 Å². The molecular weight excluding hydrogens is 162 g/mol. The summed E-state index contributed by atoms with van der Waals surface area (Å²) < 4.78 is 0. The summed E-state index contributed by atoms with van der Waals surface area (Å²) in [6.45, 7) is 2.96. The minimum absolute atomic E-state index is 0.124. The van der Waals surface area contributed by atoms with Crippen LogP contribution in [0.5, 0.6) is 0 Å². The van der Waals surface area contributed by atoms with E-state index >= 15 is 0 Å². The van der Waals surface area contributed by atoms with Gasteiger partial charge in [0.15, 0.2) is 0 Å². The zero-order chi connectivity index (χ0) is 9.52.